The smallest absolute Gasteiger partial charge is 0.00440 e. The SMILES string of the molecule is CC(N)C1CCCC2CC21C. The molecule has 4 unspecified atom stereocenters. The molecule has 2 rings (SSSR count). The largest absolute Gasteiger partial charge is 0.328 e. The minimum atomic E-state index is 0.422. The van der Waals surface area contributed by atoms with Gasteiger partial charge in [0, 0.05) is 6.04 Å². The van der Waals surface area contributed by atoms with Crippen molar-refractivity contribution in [3.05, 3.63) is 0 Å². The van der Waals surface area contributed by atoms with Gasteiger partial charge in [-0.1, -0.05) is 13.3 Å². The van der Waals surface area contributed by atoms with Crippen molar-refractivity contribution in [1.82, 2.24) is 0 Å². The van der Waals surface area contributed by atoms with Gasteiger partial charge in [-0.25, -0.2) is 0 Å². The Morgan fingerprint density at radius 1 is 1.45 bits per heavy atom. The molecule has 2 saturated carbocycles. The van der Waals surface area contributed by atoms with Crippen LogP contribution in [0.5, 0.6) is 0 Å². The molecule has 2 N–H and O–H groups in total. The summed E-state index contributed by atoms with van der Waals surface area (Å²) in [6.45, 7) is 4.61. The fraction of sp³-hybridized carbons (Fsp3) is 1.00. The maximum atomic E-state index is 5.97. The molecule has 0 amide bonds. The zero-order chi connectivity index (χ0) is 8.06. The highest BCUT2D eigenvalue weighted by Gasteiger charge is 2.56. The van der Waals surface area contributed by atoms with Crippen LogP contribution in [0.15, 0.2) is 0 Å². The van der Waals surface area contributed by atoms with Gasteiger partial charge in [0.15, 0.2) is 0 Å². The first-order valence-corrected chi connectivity index (χ1v) is 4.90. The Bertz CT molecular complexity index is 164. The van der Waals surface area contributed by atoms with Crippen LogP contribution in [0.25, 0.3) is 0 Å². The Hall–Kier alpha value is -0.0400. The summed E-state index contributed by atoms with van der Waals surface area (Å²) in [5.41, 5.74) is 6.63. The van der Waals surface area contributed by atoms with Crippen molar-refractivity contribution in [3.8, 4) is 0 Å². The van der Waals surface area contributed by atoms with Gasteiger partial charge < -0.3 is 5.73 Å². The maximum Gasteiger partial charge on any atom is 0.00440 e. The molecular formula is C10H19N. The second-order valence-corrected chi connectivity index (χ2v) is 4.80. The van der Waals surface area contributed by atoms with Gasteiger partial charge in [-0.3, -0.25) is 0 Å². The quantitative estimate of drug-likeness (QED) is 0.614. The van der Waals surface area contributed by atoms with Crippen molar-refractivity contribution in [1.29, 1.82) is 0 Å². The normalized spacial score (nSPS) is 51.5. The van der Waals surface area contributed by atoms with Crippen LogP contribution in [0.1, 0.15) is 39.5 Å². The van der Waals surface area contributed by atoms with Crippen molar-refractivity contribution in [2.75, 3.05) is 0 Å². The van der Waals surface area contributed by atoms with Crippen LogP contribution in [-0.2, 0) is 0 Å². The summed E-state index contributed by atoms with van der Waals surface area (Å²) in [5, 5.41) is 0. The van der Waals surface area contributed by atoms with Crippen LogP contribution in [0, 0.1) is 17.3 Å². The van der Waals surface area contributed by atoms with Crippen molar-refractivity contribution in [3.63, 3.8) is 0 Å². The molecule has 0 saturated heterocycles. The predicted octanol–water partition coefficient (Wildman–Crippen LogP) is 2.16. The van der Waals surface area contributed by atoms with Gasteiger partial charge in [0.1, 0.15) is 0 Å². The Morgan fingerprint density at radius 3 is 2.73 bits per heavy atom. The third-order valence-electron chi connectivity index (χ3n) is 4.01. The molecule has 2 aliphatic rings. The van der Waals surface area contributed by atoms with E-state index in [1.54, 1.807) is 0 Å². The summed E-state index contributed by atoms with van der Waals surface area (Å²) in [5.74, 6) is 1.86. The van der Waals surface area contributed by atoms with Crippen molar-refractivity contribution in [2.45, 2.75) is 45.6 Å². The average Bonchev–Trinajstić information content (AvgIpc) is 2.58. The van der Waals surface area contributed by atoms with Crippen LogP contribution in [0.4, 0.5) is 0 Å². The molecule has 1 nitrogen and oxygen atoms in total. The lowest BCUT2D eigenvalue weighted by atomic mass is 9.76. The summed E-state index contributed by atoms with van der Waals surface area (Å²) < 4.78 is 0. The predicted molar refractivity (Wildman–Crippen MR) is 47.2 cm³/mol. The molecule has 2 aliphatic carbocycles. The highest BCUT2D eigenvalue weighted by atomic mass is 14.7. The van der Waals surface area contributed by atoms with E-state index >= 15 is 0 Å². The van der Waals surface area contributed by atoms with Crippen molar-refractivity contribution in [2.24, 2.45) is 23.0 Å². The minimum absolute atomic E-state index is 0.422. The summed E-state index contributed by atoms with van der Waals surface area (Å²) in [6, 6.07) is 0.422. The summed E-state index contributed by atoms with van der Waals surface area (Å²) in [6.07, 6.45) is 5.73. The molecule has 0 heterocycles. The molecule has 4 atom stereocenters. The van der Waals surface area contributed by atoms with Gasteiger partial charge in [0.05, 0.1) is 0 Å². The number of hydrogen-bond donors (Lipinski definition) is 1. The molecule has 11 heavy (non-hydrogen) atoms. The molecular weight excluding hydrogens is 134 g/mol. The first-order chi connectivity index (χ1) is 5.14. The third kappa shape index (κ3) is 1.01. The Labute approximate surface area is 69.4 Å². The van der Waals surface area contributed by atoms with E-state index in [-0.39, 0.29) is 0 Å². The monoisotopic (exact) mass is 153 g/mol. The summed E-state index contributed by atoms with van der Waals surface area (Å²) in [4.78, 5) is 0. The van der Waals surface area contributed by atoms with Gasteiger partial charge >= 0.3 is 0 Å². The molecule has 0 aromatic rings. The van der Waals surface area contributed by atoms with Gasteiger partial charge in [-0.05, 0) is 43.4 Å². The standard InChI is InChI=1S/C10H19N/c1-7(11)9-5-3-4-8-6-10(8,9)2/h7-9H,3-6,11H2,1-2H3. The second-order valence-electron chi connectivity index (χ2n) is 4.80. The maximum absolute atomic E-state index is 5.97. The number of rotatable bonds is 1. The van der Waals surface area contributed by atoms with E-state index in [1.807, 2.05) is 0 Å². The molecule has 0 spiro atoms. The lowest BCUT2D eigenvalue weighted by Crippen LogP contribution is -2.35. The number of nitrogens with two attached hydrogens (primary N) is 1. The molecule has 64 valence electrons. The van der Waals surface area contributed by atoms with Crippen LogP contribution >= 0.6 is 0 Å². The van der Waals surface area contributed by atoms with Crippen LogP contribution < -0.4 is 5.73 Å². The van der Waals surface area contributed by atoms with E-state index in [0.29, 0.717) is 11.5 Å². The molecule has 0 bridgehead atoms. The van der Waals surface area contributed by atoms with Crippen molar-refractivity contribution < 1.29 is 0 Å². The lowest BCUT2D eigenvalue weighted by molar-refractivity contribution is 0.205. The lowest BCUT2D eigenvalue weighted by Gasteiger charge is -2.32. The molecule has 2 fully saturated rings. The van der Waals surface area contributed by atoms with Gasteiger partial charge in [0.25, 0.3) is 0 Å². The molecule has 0 radical (unpaired) electrons. The molecule has 1 heteroatoms. The highest BCUT2D eigenvalue weighted by Crippen LogP contribution is 2.64. The van der Waals surface area contributed by atoms with E-state index in [1.165, 1.54) is 25.7 Å². The zero-order valence-corrected chi connectivity index (χ0v) is 7.64. The van der Waals surface area contributed by atoms with Crippen LogP contribution in [0.3, 0.4) is 0 Å². The molecule has 0 aromatic carbocycles. The van der Waals surface area contributed by atoms with Gasteiger partial charge in [-0.2, -0.15) is 0 Å². The fourth-order valence-electron chi connectivity index (χ4n) is 3.14. The van der Waals surface area contributed by atoms with Crippen LogP contribution in [0.2, 0.25) is 0 Å². The number of fused-ring (bicyclic) bond motifs is 1. The van der Waals surface area contributed by atoms with Gasteiger partial charge in [-0.15, -0.1) is 0 Å². The highest BCUT2D eigenvalue weighted by molar-refractivity contribution is 5.07. The fourth-order valence-corrected chi connectivity index (χ4v) is 3.14. The number of hydrogen-bond acceptors (Lipinski definition) is 1. The Kier molecular flexibility index (Phi) is 1.54. The van der Waals surface area contributed by atoms with E-state index in [4.69, 9.17) is 5.73 Å². The zero-order valence-electron chi connectivity index (χ0n) is 7.64. The molecule has 0 aliphatic heterocycles. The van der Waals surface area contributed by atoms with E-state index < -0.39 is 0 Å². The van der Waals surface area contributed by atoms with E-state index in [2.05, 4.69) is 13.8 Å². The van der Waals surface area contributed by atoms with Gasteiger partial charge in [0.2, 0.25) is 0 Å². The van der Waals surface area contributed by atoms with E-state index in [0.717, 1.165) is 11.8 Å². The van der Waals surface area contributed by atoms with Crippen molar-refractivity contribution >= 4 is 0 Å². The van der Waals surface area contributed by atoms with E-state index in [9.17, 15) is 0 Å². The second kappa shape index (κ2) is 2.22. The minimum Gasteiger partial charge on any atom is -0.328 e. The first-order valence-electron chi connectivity index (χ1n) is 4.90. The topological polar surface area (TPSA) is 26.0 Å². The Morgan fingerprint density at radius 2 is 2.18 bits per heavy atom. The molecule has 0 aromatic heterocycles. The average molecular weight is 153 g/mol. The first kappa shape index (κ1) is 7.60. The van der Waals surface area contributed by atoms with Crippen LogP contribution in [-0.4, -0.2) is 6.04 Å². The summed E-state index contributed by atoms with van der Waals surface area (Å²) in [7, 11) is 0. The summed E-state index contributed by atoms with van der Waals surface area (Å²) >= 11 is 0. The third-order valence-corrected chi connectivity index (χ3v) is 4.01. The Balaban J connectivity index is 2.08.